The molecular weight excluding hydrogens is 170 g/mol. The Hall–Kier alpha value is 0.270. The largest absolute Gasteiger partial charge is 0.396 e. The molecule has 0 aliphatic rings. The first kappa shape index (κ1) is 12.3. The van der Waals surface area contributed by atoms with Gasteiger partial charge in [0.25, 0.3) is 0 Å². The van der Waals surface area contributed by atoms with Crippen LogP contribution >= 0.6 is 11.8 Å². The quantitative estimate of drug-likeness (QED) is 0.639. The molecule has 0 aromatic heterocycles. The predicted octanol–water partition coefficient (Wildman–Crippen LogP) is 1.49. The molecule has 2 nitrogen and oxygen atoms in total. The lowest BCUT2D eigenvalue weighted by Gasteiger charge is -2.16. The Morgan fingerprint density at radius 3 is 2.58 bits per heavy atom. The van der Waals surface area contributed by atoms with Crippen LogP contribution in [0.5, 0.6) is 0 Å². The fourth-order valence-electron chi connectivity index (χ4n) is 0.865. The van der Waals surface area contributed by atoms with E-state index >= 15 is 0 Å². The molecular formula is C9H21NOS. The van der Waals surface area contributed by atoms with Gasteiger partial charge in [-0.15, -0.1) is 0 Å². The second-order valence-corrected chi connectivity index (χ2v) is 4.52. The highest BCUT2D eigenvalue weighted by atomic mass is 32.2. The van der Waals surface area contributed by atoms with Crippen LogP contribution in [0.25, 0.3) is 0 Å². The van der Waals surface area contributed by atoms with E-state index in [1.54, 1.807) is 0 Å². The fourth-order valence-corrected chi connectivity index (χ4v) is 1.99. The topological polar surface area (TPSA) is 32.3 Å². The molecule has 0 saturated carbocycles. The Morgan fingerprint density at radius 1 is 1.50 bits per heavy atom. The fraction of sp³-hybridized carbons (Fsp3) is 1.00. The van der Waals surface area contributed by atoms with Gasteiger partial charge < -0.3 is 10.4 Å². The Labute approximate surface area is 80.1 Å². The molecule has 0 aromatic carbocycles. The minimum Gasteiger partial charge on any atom is -0.396 e. The van der Waals surface area contributed by atoms with Crippen LogP contribution in [-0.2, 0) is 0 Å². The van der Waals surface area contributed by atoms with Crippen molar-refractivity contribution in [2.45, 2.75) is 38.0 Å². The second-order valence-electron chi connectivity index (χ2n) is 3.05. The van der Waals surface area contributed by atoms with E-state index < -0.39 is 0 Å². The first-order chi connectivity index (χ1) is 5.74. The van der Waals surface area contributed by atoms with Crippen molar-refractivity contribution < 1.29 is 5.11 Å². The van der Waals surface area contributed by atoms with Crippen LogP contribution in [0.2, 0.25) is 0 Å². The van der Waals surface area contributed by atoms with Crippen molar-refractivity contribution in [3.8, 4) is 0 Å². The molecule has 0 radical (unpaired) electrons. The summed E-state index contributed by atoms with van der Waals surface area (Å²) in [4.78, 5) is 0. The van der Waals surface area contributed by atoms with Gasteiger partial charge in [0.05, 0.1) is 0 Å². The summed E-state index contributed by atoms with van der Waals surface area (Å²) in [6.45, 7) is 4.74. The number of hydrogen-bond acceptors (Lipinski definition) is 3. The summed E-state index contributed by atoms with van der Waals surface area (Å²) in [7, 11) is 1.96. The summed E-state index contributed by atoms with van der Waals surface area (Å²) in [6.07, 6.45) is 2.08. The van der Waals surface area contributed by atoms with Gasteiger partial charge in [-0.3, -0.25) is 0 Å². The van der Waals surface area contributed by atoms with E-state index in [1.807, 2.05) is 18.8 Å². The average molecular weight is 191 g/mol. The van der Waals surface area contributed by atoms with Gasteiger partial charge in [0, 0.05) is 23.7 Å². The van der Waals surface area contributed by atoms with Crippen molar-refractivity contribution in [3.63, 3.8) is 0 Å². The molecule has 2 atom stereocenters. The van der Waals surface area contributed by atoms with E-state index in [4.69, 9.17) is 5.11 Å². The standard InChI is InChI=1S/C9H21NOS/c1-4-8(2)12-7-9(10-3)5-6-11/h8-11H,4-7H2,1-3H3. The van der Waals surface area contributed by atoms with E-state index in [1.165, 1.54) is 6.42 Å². The summed E-state index contributed by atoms with van der Waals surface area (Å²) in [6, 6.07) is 0.467. The maximum Gasteiger partial charge on any atom is 0.0446 e. The molecule has 0 heterocycles. The Bertz CT molecular complexity index is 101. The molecule has 2 unspecified atom stereocenters. The Morgan fingerprint density at radius 2 is 2.17 bits per heavy atom. The summed E-state index contributed by atoms with van der Waals surface area (Å²) in [5, 5.41) is 12.7. The minimum absolute atomic E-state index is 0.284. The number of thioether (sulfide) groups is 1. The molecule has 74 valence electrons. The molecule has 0 amide bonds. The normalized spacial score (nSPS) is 16.0. The monoisotopic (exact) mass is 191 g/mol. The van der Waals surface area contributed by atoms with E-state index in [9.17, 15) is 0 Å². The number of rotatable bonds is 7. The van der Waals surface area contributed by atoms with Crippen LogP contribution in [-0.4, -0.2) is 35.8 Å². The zero-order chi connectivity index (χ0) is 9.40. The van der Waals surface area contributed by atoms with Crippen molar-refractivity contribution in [2.24, 2.45) is 0 Å². The maximum absolute atomic E-state index is 8.74. The first-order valence-corrected chi connectivity index (χ1v) is 5.69. The van der Waals surface area contributed by atoms with Crippen LogP contribution in [0.4, 0.5) is 0 Å². The van der Waals surface area contributed by atoms with Gasteiger partial charge in [-0.05, 0) is 19.9 Å². The third kappa shape index (κ3) is 5.86. The Kier molecular flexibility index (Phi) is 8.07. The predicted molar refractivity (Wildman–Crippen MR) is 56.8 cm³/mol. The van der Waals surface area contributed by atoms with Gasteiger partial charge >= 0.3 is 0 Å². The molecule has 0 fully saturated rings. The lowest BCUT2D eigenvalue weighted by Crippen LogP contribution is -2.29. The molecule has 0 aromatic rings. The lowest BCUT2D eigenvalue weighted by atomic mass is 10.2. The highest BCUT2D eigenvalue weighted by molar-refractivity contribution is 7.99. The molecule has 3 heteroatoms. The molecule has 0 aliphatic carbocycles. The summed E-state index contributed by atoms with van der Waals surface area (Å²) in [5.74, 6) is 1.10. The molecule has 0 bridgehead atoms. The van der Waals surface area contributed by atoms with Crippen LogP contribution in [0, 0.1) is 0 Å². The number of aliphatic hydroxyl groups excluding tert-OH is 1. The highest BCUT2D eigenvalue weighted by Gasteiger charge is 2.07. The van der Waals surface area contributed by atoms with E-state index in [2.05, 4.69) is 19.2 Å². The number of hydrogen-bond donors (Lipinski definition) is 2. The van der Waals surface area contributed by atoms with E-state index in [0.29, 0.717) is 6.04 Å². The number of nitrogens with one attached hydrogen (secondary N) is 1. The molecule has 0 rings (SSSR count). The van der Waals surface area contributed by atoms with Gasteiger partial charge in [-0.2, -0.15) is 11.8 Å². The van der Waals surface area contributed by atoms with E-state index in [-0.39, 0.29) is 6.61 Å². The van der Waals surface area contributed by atoms with Gasteiger partial charge in [0.15, 0.2) is 0 Å². The zero-order valence-corrected chi connectivity index (χ0v) is 9.16. The number of aliphatic hydroxyl groups is 1. The highest BCUT2D eigenvalue weighted by Crippen LogP contribution is 2.15. The summed E-state index contributed by atoms with van der Waals surface area (Å²) < 4.78 is 0. The summed E-state index contributed by atoms with van der Waals surface area (Å²) in [5.41, 5.74) is 0. The van der Waals surface area contributed by atoms with Crippen molar-refractivity contribution in [1.82, 2.24) is 5.32 Å². The van der Waals surface area contributed by atoms with Crippen molar-refractivity contribution in [1.29, 1.82) is 0 Å². The maximum atomic E-state index is 8.74. The van der Waals surface area contributed by atoms with Gasteiger partial charge in [0.2, 0.25) is 0 Å². The van der Waals surface area contributed by atoms with Crippen LogP contribution in [0.15, 0.2) is 0 Å². The molecule has 0 saturated heterocycles. The van der Waals surface area contributed by atoms with Crippen molar-refractivity contribution >= 4 is 11.8 Å². The minimum atomic E-state index is 0.284. The summed E-state index contributed by atoms with van der Waals surface area (Å²) >= 11 is 1.98. The smallest absolute Gasteiger partial charge is 0.0446 e. The second kappa shape index (κ2) is 7.90. The molecule has 0 aliphatic heterocycles. The molecule has 2 N–H and O–H groups in total. The molecule has 12 heavy (non-hydrogen) atoms. The van der Waals surface area contributed by atoms with Crippen LogP contribution in [0.1, 0.15) is 26.7 Å². The first-order valence-electron chi connectivity index (χ1n) is 4.64. The molecule has 0 spiro atoms. The van der Waals surface area contributed by atoms with Crippen molar-refractivity contribution in [3.05, 3.63) is 0 Å². The third-order valence-corrected chi connectivity index (χ3v) is 3.54. The average Bonchev–Trinajstić information content (AvgIpc) is 2.11. The third-order valence-electron chi connectivity index (χ3n) is 2.04. The van der Waals surface area contributed by atoms with Crippen LogP contribution in [0.3, 0.4) is 0 Å². The van der Waals surface area contributed by atoms with Gasteiger partial charge in [0.1, 0.15) is 0 Å². The van der Waals surface area contributed by atoms with Crippen LogP contribution < -0.4 is 5.32 Å². The van der Waals surface area contributed by atoms with Gasteiger partial charge in [-0.1, -0.05) is 13.8 Å². The van der Waals surface area contributed by atoms with E-state index in [0.717, 1.165) is 17.4 Å². The van der Waals surface area contributed by atoms with Gasteiger partial charge in [-0.25, -0.2) is 0 Å². The lowest BCUT2D eigenvalue weighted by molar-refractivity contribution is 0.273. The SMILES string of the molecule is CCC(C)SCC(CCO)NC. The Balaban J connectivity index is 3.43. The zero-order valence-electron chi connectivity index (χ0n) is 8.34. The van der Waals surface area contributed by atoms with Crippen molar-refractivity contribution in [2.75, 3.05) is 19.4 Å².